The number of hydrogen-bond acceptors (Lipinski definition) is 5. The number of nitrogens with zero attached hydrogens (tertiary/aromatic N) is 2. The van der Waals surface area contributed by atoms with Crippen LogP contribution in [0.3, 0.4) is 0 Å². The van der Waals surface area contributed by atoms with Crippen LogP contribution in [-0.4, -0.2) is 52.9 Å². The first-order chi connectivity index (χ1) is 12.9. The van der Waals surface area contributed by atoms with Gasteiger partial charge in [-0.05, 0) is 32.4 Å². The highest BCUT2D eigenvalue weighted by molar-refractivity contribution is 5.93. The summed E-state index contributed by atoms with van der Waals surface area (Å²) < 4.78 is 11.1. The minimum atomic E-state index is -0.206. The van der Waals surface area contributed by atoms with Gasteiger partial charge in [0.1, 0.15) is 6.61 Å². The molecule has 2 rings (SSSR count). The van der Waals surface area contributed by atoms with Crippen LogP contribution in [-0.2, 0) is 11.3 Å². The Kier molecular flexibility index (Phi) is 7.76. The zero-order valence-corrected chi connectivity index (χ0v) is 16.2. The Labute approximate surface area is 160 Å². The molecule has 1 amide bonds. The summed E-state index contributed by atoms with van der Waals surface area (Å²) in [6, 6.07) is 13.0. The third-order valence-electron chi connectivity index (χ3n) is 3.73. The average Bonchev–Trinajstić information content (AvgIpc) is 2.65. The van der Waals surface area contributed by atoms with Crippen LogP contribution in [0.5, 0.6) is 5.88 Å². The van der Waals surface area contributed by atoms with Gasteiger partial charge in [-0.1, -0.05) is 30.3 Å². The molecule has 27 heavy (non-hydrogen) atoms. The molecule has 2 aromatic rings. The summed E-state index contributed by atoms with van der Waals surface area (Å²) in [5.41, 5.74) is 1.26. The Morgan fingerprint density at radius 2 is 1.85 bits per heavy atom. The van der Waals surface area contributed by atoms with Crippen molar-refractivity contribution in [3.05, 3.63) is 59.8 Å². The van der Waals surface area contributed by atoms with Gasteiger partial charge in [-0.2, -0.15) is 0 Å². The van der Waals surface area contributed by atoms with Gasteiger partial charge in [-0.3, -0.25) is 4.79 Å². The van der Waals surface area contributed by atoms with E-state index >= 15 is 0 Å². The van der Waals surface area contributed by atoms with Gasteiger partial charge in [0.25, 0.3) is 5.91 Å². The summed E-state index contributed by atoms with van der Waals surface area (Å²) in [7, 11) is 0. The number of hydrogen-bond donors (Lipinski definition) is 1. The van der Waals surface area contributed by atoms with Crippen molar-refractivity contribution >= 4 is 5.91 Å². The number of rotatable bonds is 9. The van der Waals surface area contributed by atoms with Crippen LogP contribution in [0.15, 0.2) is 48.7 Å². The van der Waals surface area contributed by atoms with E-state index in [2.05, 4.69) is 4.98 Å². The van der Waals surface area contributed by atoms with E-state index < -0.39 is 0 Å². The van der Waals surface area contributed by atoms with E-state index in [9.17, 15) is 9.90 Å². The predicted molar refractivity (Wildman–Crippen MR) is 104 cm³/mol. The summed E-state index contributed by atoms with van der Waals surface area (Å²) in [5.74, 6) is 0.267. The quantitative estimate of drug-likeness (QED) is 0.685. The Balaban J connectivity index is 1.94. The molecule has 0 atom stereocenters. The van der Waals surface area contributed by atoms with E-state index in [4.69, 9.17) is 9.47 Å². The number of benzene rings is 1. The molecule has 0 bridgehead atoms. The van der Waals surface area contributed by atoms with Crippen LogP contribution >= 0.6 is 0 Å². The molecule has 0 fully saturated rings. The molecule has 0 saturated heterocycles. The smallest absolute Gasteiger partial charge is 0.255 e. The fourth-order valence-electron chi connectivity index (χ4n) is 2.45. The second-order valence-electron chi connectivity index (χ2n) is 7.13. The van der Waals surface area contributed by atoms with Gasteiger partial charge in [-0.15, -0.1) is 0 Å². The third kappa shape index (κ3) is 7.37. The summed E-state index contributed by atoms with van der Waals surface area (Å²) in [6.45, 7) is 7.41. The molecule has 146 valence electrons. The number of ether oxygens (including phenoxy) is 2. The lowest BCUT2D eigenvalue weighted by molar-refractivity contribution is -0.0168. The topological polar surface area (TPSA) is 71.9 Å². The van der Waals surface area contributed by atoms with Gasteiger partial charge >= 0.3 is 0 Å². The predicted octanol–water partition coefficient (Wildman–Crippen LogP) is 2.91. The molecule has 6 heteroatoms. The van der Waals surface area contributed by atoms with E-state index in [0.29, 0.717) is 31.2 Å². The van der Waals surface area contributed by atoms with Crippen molar-refractivity contribution in [3.63, 3.8) is 0 Å². The van der Waals surface area contributed by atoms with Crippen LogP contribution in [0, 0.1) is 0 Å². The standard InChI is InChI=1S/C21H28N2O4/c1-21(2,3)27-14-13-26-19-10-9-18(15-22-19)20(25)23(11-12-24)16-17-7-5-4-6-8-17/h4-10,15,24H,11-14,16H2,1-3H3. The Hall–Kier alpha value is -2.44. The van der Waals surface area contributed by atoms with Crippen LogP contribution in [0.2, 0.25) is 0 Å². The fourth-order valence-corrected chi connectivity index (χ4v) is 2.45. The minimum Gasteiger partial charge on any atom is -0.475 e. The second-order valence-corrected chi connectivity index (χ2v) is 7.13. The van der Waals surface area contributed by atoms with Gasteiger partial charge in [0.05, 0.1) is 24.4 Å². The molecule has 0 unspecified atom stereocenters. The molecule has 0 aliphatic carbocycles. The highest BCUT2D eigenvalue weighted by Crippen LogP contribution is 2.13. The number of aliphatic hydroxyl groups excluding tert-OH is 1. The summed E-state index contributed by atoms with van der Waals surface area (Å²) >= 11 is 0. The zero-order chi connectivity index (χ0) is 19.7. The molecule has 1 aromatic heterocycles. The molecule has 1 aromatic carbocycles. The minimum absolute atomic E-state index is 0.0963. The monoisotopic (exact) mass is 372 g/mol. The number of carbonyl (C=O) groups is 1. The number of aliphatic hydroxyl groups is 1. The van der Waals surface area contributed by atoms with Crippen molar-refractivity contribution in [2.24, 2.45) is 0 Å². The van der Waals surface area contributed by atoms with Gasteiger partial charge in [0, 0.05) is 25.4 Å². The molecule has 0 aliphatic rings. The summed E-state index contributed by atoms with van der Waals surface area (Å²) in [5, 5.41) is 9.29. The van der Waals surface area contributed by atoms with Crippen LogP contribution < -0.4 is 4.74 Å². The van der Waals surface area contributed by atoms with Gasteiger partial charge in [0.15, 0.2) is 0 Å². The molecule has 0 saturated carbocycles. The first-order valence-corrected chi connectivity index (χ1v) is 9.06. The first kappa shape index (κ1) is 20.9. The SMILES string of the molecule is CC(C)(C)OCCOc1ccc(C(=O)N(CCO)Cc2ccccc2)cn1. The molecule has 1 heterocycles. The lowest BCUT2D eigenvalue weighted by Crippen LogP contribution is -2.33. The summed E-state index contributed by atoms with van der Waals surface area (Å²) in [6.07, 6.45) is 1.50. The number of carbonyl (C=O) groups excluding carboxylic acids is 1. The van der Waals surface area contributed by atoms with Crippen molar-refractivity contribution in [1.82, 2.24) is 9.88 Å². The lowest BCUT2D eigenvalue weighted by Gasteiger charge is -2.22. The average molecular weight is 372 g/mol. The Morgan fingerprint density at radius 1 is 1.11 bits per heavy atom. The highest BCUT2D eigenvalue weighted by Gasteiger charge is 2.16. The van der Waals surface area contributed by atoms with Crippen molar-refractivity contribution in [3.8, 4) is 5.88 Å². The van der Waals surface area contributed by atoms with E-state index in [1.165, 1.54) is 6.20 Å². The van der Waals surface area contributed by atoms with Gasteiger partial charge in [0.2, 0.25) is 5.88 Å². The van der Waals surface area contributed by atoms with Gasteiger partial charge in [-0.25, -0.2) is 4.98 Å². The number of pyridine rings is 1. The van der Waals surface area contributed by atoms with Crippen molar-refractivity contribution < 1.29 is 19.4 Å². The van der Waals surface area contributed by atoms with Crippen molar-refractivity contribution in [2.75, 3.05) is 26.4 Å². The van der Waals surface area contributed by atoms with E-state index in [0.717, 1.165) is 5.56 Å². The summed E-state index contributed by atoms with van der Waals surface area (Å²) in [4.78, 5) is 18.5. The van der Waals surface area contributed by atoms with Crippen molar-refractivity contribution in [2.45, 2.75) is 32.9 Å². The molecular weight excluding hydrogens is 344 g/mol. The van der Waals surface area contributed by atoms with E-state index in [1.807, 2.05) is 51.1 Å². The maximum Gasteiger partial charge on any atom is 0.255 e. The molecule has 0 aliphatic heterocycles. The van der Waals surface area contributed by atoms with Crippen LogP contribution in [0.4, 0.5) is 0 Å². The first-order valence-electron chi connectivity index (χ1n) is 9.06. The molecule has 1 N–H and O–H groups in total. The molecule has 0 spiro atoms. The maximum absolute atomic E-state index is 12.7. The molecule has 0 radical (unpaired) electrons. The fraction of sp³-hybridized carbons (Fsp3) is 0.429. The van der Waals surface area contributed by atoms with Crippen LogP contribution in [0.1, 0.15) is 36.7 Å². The third-order valence-corrected chi connectivity index (χ3v) is 3.73. The van der Waals surface area contributed by atoms with E-state index in [-0.39, 0.29) is 24.7 Å². The van der Waals surface area contributed by atoms with E-state index in [1.54, 1.807) is 17.0 Å². The van der Waals surface area contributed by atoms with Crippen molar-refractivity contribution in [1.29, 1.82) is 0 Å². The Morgan fingerprint density at radius 3 is 2.44 bits per heavy atom. The number of amides is 1. The zero-order valence-electron chi connectivity index (χ0n) is 16.2. The van der Waals surface area contributed by atoms with Crippen LogP contribution in [0.25, 0.3) is 0 Å². The molecule has 6 nitrogen and oxygen atoms in total. The maximum atomic E-state index is 12.7. The second kappa shape index (κ2) is 10.0. The largest absolute Gasteiger partial charge is 0.475 e. The number of aromatic nitrogens is 1. The normalized spacial score (nSPS) is 11.3. The Bertz CT molecular complexity index is 696. The molecular formula is C21H28N2O4. The van der Waals surface area contributed by atoms with Gasteiger partial charge < -0.3 is 19.5 Å². The lowest BCUT2D eigenvalue weighted by atomic mass is 10.2. The highest BCUT2D eigenvalue weighted by atomic mass is 16.5.